The first-order valence-electron chi connectivity index (χ1n) is 8.05. The van der Waals surface area contributed by atoms with E-state index in [1.807, 2.05) is 12.1 Å². The summed E-state index contributed by atoms with van der Waals surface area (Å²) in [6, 6.07) is 13.9. The van der Waals surface area contributed by atoms with Crippen molar-refractivity contribution in [3.8, 4) is 0 Å². The normalized spacial score (nSPS) is 13.4. The van der Waals surface area contributed by atoms with E-state index in [1.165, 1.54) is 23.5 Å². The van der Waals surface area contributed by atoms with E-state index in [-0.39, 0.29) is 0 Å². The standard InChI is InChI=1S/C19H16F2N4/c20-16-6-5-15(9-17(16)21)24-18-10-19(23-12-22-18)25-8-7-13-3-1-2-4-14(13)11-25/h1-6,9-10,12H,7-8,11H2,(H,22,23,24). The molecule has 1 aromatic heterocycles. The van der Waals surface area contributed by atoms with E-state index in [9.17, 15) is 8.78 Å². The molecule has 2 heterocycles. The second-order valence-corrected chi connectivity index (χ2v) is 5.96. The molecule has 126 valence electrons. The number of nitrogens with zero attached hydrogens (tertiary/aromatic N) is 3. The monoisotopic (exact) mass is 338 g/mol. The molecule has 0 bridgehead atoms. The molecule has 0 unspecified atom stereocenters. The molecular formula is C19H16F2N4. The number of hydrogen-bond acceptors (Lipinski definition) is 4. The number of aromatic nitrogens is 2. The van der Waals surface area contributed by atoms with E-state index in [2.05, 4.69) is 38.4 Å². The zero-order valence-corrected chi connectivity index (χ0v) is 13.4. The maximum atomic E-state index is 13.3. The number of rotatable bonds is 3. The highest BCUT2D eigenvalue weighted by Crippen LogP contribution is 2.25. The molecule has 0 spiro atoms. The Kier molecular flexibility index (Phi) is 4.01. The highest BCUT2D eigenvalue weighted by molar-refractivity contribution is 5.59. The van der Waals surface area contributed by atoms with Crippen LogP contribution in [-0.2, 0) is 13.0 Å². The lowest BCUT2D eigenvalue weighted by Gasteiger charge is -2.29. The predicted octanol–water partition coefficient (Wildman–Crippen LogP) is 4.06. The number of benzene rings is 2. The Morgan fingerprint density at radius 1 is 0.920 bits per heavy atom. The molecule has 6 heteroatoms. The zero-order valence-electron chi connectivity index (χ0n) is 13.4. The molecule has 1 aliphatic heterocycles. The van der Waals surface area contributed by atoms with E-state index < -0.39 is 11.6 Å². The highest BCUT2D eigenvalue weighted by atomic mass is 19.2. The first-order valence-corrected chi connectivity index (χ1v) is 8.05. The second-order valence-electron chi connectivity index (χ2n) is 5.96. The van der Waals surface area contributed by atoms with Crippen molar-refractivity contribution in [1.82, 2.24) is 9.97 Å². The van der Waals surface area contributed by atoms with Crippen LogP contribution in [0.4, 0.5) is 26.1 Å². The van der Waals surface area contributed by atoms with Crippen LogP contribution < -0.4 is 10.2 Å². The number of anilines is 3. The summed E-state index contributed by atoms with van der Waals surface area (Å²) in [7, 11) is 0. The topological polar surface area (TPSA) is 41.0 Å². The fourth-order valence-corrected chi connectivity index (χ4v) is 3.00. The molecule has 2 aromatic carbocycles. The minimum atomic E-state index is -0.896. The lowest BCUT2D eigenvalue weighted by Crippen LogP contribution is -2.31. The Morgan fingerprint density at radius 3 is 2.60 bits per heavy atom. The number of fused-ring (bicyclic) bond motifs is 1. The van der Waals surface area contributed by atoms with Gasteiger partial charge in [0, 0.05) is 30.9 Å². The van der Waals surface area contributed by atoms with Crippen LogP contribution in [0.3, 0.4) is 0 Å². The first kappa shape index (κ1) is 15.5. The van der Waals surface area contributed by atoms with Crippen LogP contribution >= 0.6 is 0 Å². The van der Waals surface area contributed by atoms with Crippen LogP contribution in [0.2, 0.25) is 0 Å². The molecule has 0 radical (unpaired) electrons. The summed E-state index contributed by atoms with van der Waals surface area (Å²) in [6.07, 6.45) is 2.43. The van der Waals surface area contributed by atoms with Gasteiger partial charge in [0.2, 0.25) is 0 Å². The van der Waals surface area contributed by atoms with Gasteiger partial charge in [-0.1, -0.05) is 24.3 Å². The molecule has 1 aliphatic rings. The van der Waals surface area contributed by atoms with Gasteiger partial charge in [0.15, 0.2) is 11.6 Å². The third kappa shape index (κ3) is 3.28. The number of halogens is 2. The summed E-state index contributed by atoms with van der Waals surface area (Å²) < 4.78 is 26.4. The van der Waals surface area contributed by atoms with E-state index in [0.29, 0.717) is 11.5 Å². The van der Waals surface area contributed by atoms with Gasteiger partial charge >= 0.3 is 0 Å². The van der Waals surface area contributed by atoms with Gasteiger partial charge in [-0.25, -0.2) is 18.7 Å². The summed E-state index contributed by atoms with van der Waals surface area (Å²) >= 11 is 0. The molecule has 1 N–H and O–H groups in total. The Morgan fingerprint density at radius 2 is 1.76 bits per heavy atom. The summed E-state index contributed by atoms with van der Waals surface area (Å²) in [5.41, 5.74) is 3.10. The Bertz CT molecular complexity index is 913. The molecule has 0 aliphatic carbocycles. The third-order valence-electron chi connectivity index (χ3n) is 4.30. The molecule has 0 saturated heterocycles. The van der Waals surface area contributed by atoms with Crippen LogP contribution in [0.1, 0.15) is 11.1 Å². The molecule has 4 nitrogen and oxygen atoms in total. The van der Waals surface area contributed by atoms with Crippen molar-refractivity contribution in [1.29, 1.82) is 0 Å². The van der Waals surface area contributed by atoms with E-state index in [1.54, 1.807) is 0 Å². The van der Waals surface area contributed by atoms with Gasteiger partial charge in [0.25, 0.3) is 0 Å². The van der Waals surface area contributed by atoms with E-state index in [4.69, 9.17) is 0 Å². The minimum Gasteiger partial charge on any atom is -0.352 e. The maximum Gasteiger partial charge on any atom is 0.160 e. The molecule has 0 saturated carbocycles. The second kappa shape index (κ2) is 6.47. The van der Waals surface area contributed by atoms with Crippen LogP contribution in [-0.4, -0.2) is 16.5 Å². The van der Waals surface area contributed by atoms with Crippen molar-refractivity contribution in [2.45, 2.75) is 13.0 Å². The Balaban J connectivity index is 1.55. The van der Waals surface area contributed by atoms with Crippen molar-refractivity contribution in [3.63, 3.8) is 0 Å². The highest BCUT2D eigenvalue weighted by Gasteiger charge is 2.17. The summed E-state index contributed by atoms with van der Waals surface area (Å²) in [5, 5.41) is 2.99. The molecule has 0 fully saturated rings. The zero-order chi connectivity index (χ0) is 17.2. The van der Waals surface area contributed by atoms with Crippen molar-refractivity contribution < 1.29 is 8.78 Å². The van der Waals surface area contributed by atoms with Gasteiger partial charge in [-0.15, -0.1) is 0 Å². The fourth-order valence-electron chi connectivity index (χ4n) is 3.00. The van der Waals surface area contributed by atoms with Gasteiger partial charge in [-0.05, 0) is 29.7 Å². The molecule has 25 heavy (non-hydrogen) atoms. The SMILES string of the molecule is Fc1ccc(Nc2cc(N3CCc4ccccc4C3)ncn2)cc1F. The molecule has 3 aromatic rings. The molecule has 0 atom stereocenters. The lowest BCUT2D eigenvalue weighted by atomic mass is 10.00. The summed E-state index contributed by atoms with van der Waals surface area (Å²) in [4.78, 5) is 10.7. The van der Waals surface area contributed by atoms with Gasteiger partial charge < -0.3 is 10.2 Å². The van der Waals surface area contributed by atoms with Gasteiger partial charge in [0.1, 0.15) is 18.0 Å². The maximum absolute atomic E-state index is 13.3. The summed E-state index contributed by atoms with van der Waals surface area (Å²) in [6.45, 7) is 1.66. The van der Waals surface area contributed by atoms with Gasteiger partial charge in [-0.2, -0.15) is 0 Å². The van der Waals surface area contributed by atoms with Crippen molar-refractivity contribution in [2.24, 2.45) is 0 Å². The molecule has 4 rings (SSSR count). The largest absolute Gasteiger partial charge is 0.352 e. The fraction of sp³-hybridized carbons (Fsp3) is 0.158. The summed E-state index contributed by atoms with van der Waals surface area (Å²) in [5.74, 6) is -0.433. The Hall–Kier alpha value is -3.02. The minimum absolute atomic E-state index is 0.438. The number of nitrogens with one attached hydrogen (secondary N) is 1. The molecular weight excluding hydrogens is 322 g/mol. The van der Waals surface area contributed by atoms with Crippen molar-refractivity contribution in [2.75, 3.05) is 16.8 Å². The first-order chi connectivity index (χ1) is 12.2. The van der Waals surface area contributed by atoms with E-state index >= 15 is 0 Å². The molecule has 0 amide bonds. The van der Waals surface area contributed by atoms with E-state index in [0.717, 1.165) is 37.5 Å². The van der Waals surface area contributed by atoms with Crippen LogP contribution in [0.25, 0.3) is 0 Å². The van der Waals surface area contributed by atoms with Crippen molar-refractivity contribution >= 4 is 17.3 Å². The van der Waals surface area contributed by atoms with Crippen LogP contribution in [0, 0.1) is 11.6 Å². The van der Waals surface area contributed by atoms with Gasteiger partial charge in [0.05, 0.1) is 0 Å². The number of hydrogen-bond donors (Lipinski definition) is 1. The van der Waals surface area contributed by atoms with Crippen LogP contribution in [0.5, 0.6) is 0 Å². The van der Waals surface area contributed by atoms with Crippen LogP contribution in [0.15, 0.2) is 54.9 Å². The smallest absolute Gasteiger partial charge is 0.160 e. The Labute approximate surface area is 144 Å². The quantitative estimate of drug-likeness (QED) is 0.782. The lowest BCUT2D eigenvalue weighted by molar-refractivity contribution is 0.509. The average Bonchev–Trinajstić information content (AvgIpc) is 2.65. The predicted molar refractivity (Wildman–Crippen MR) is 92.9 cm³/mol. The van der Waals surface area contributed by atoms with Gasteiger partial charge in [-0.3, -0.25) is 0 Å². The van der Waals surface area contributed by atoms with Crippen molar-refractivity contribution in [3.05, 3.63) is 77.6 Å². The third-order valence-corrected chi connectivity index (χ3v) is 4.30. The average molecular weight is 338 g/mol.